The minimum Gasteiger partial charge on any atom is -0.324 e. The average molecular weight is 440 g/mol. The van der Waals surface area contributed by atoms with Crippen molar-refractivity contribution in [1.82, 2.24) is 14.5 Å². The van der Waals surface area contributed by atoms with Crippen molar-refractivity contribution in [3.05, 3.63) is 69.7 Å². The number of hydrogen-bond acceptors (Lipinski definition) is 2. The Kier molecular flexibility index (Phi) is 4.60. The van der Waals surface area contributed by atoms with Gasteiger partial charge in [-0.3, -0.25) is 4.90 Å². The van der Waals surface area contributed by atoms with Gasteiger partial charge in [-0.2, -0.15) is 0 Å². The van der Waals surface area contributed by atoms with Crippen LogP contribution in [-0.2, 0) is 13.0 Å². The molecule has 2 aliphatic rings. The van der Waals surface area contributed by atoms with E-state index in [9.17, 15) is 4.39 Å². The maximum absolute atomic E-state index is 14.0. The summed E-state index contributed by atoms with van der Waals surface area (Å²) in [5, 5.41) is 0. The Morgan fingerprint density at radius 2 is 2.00 bits per heavy atom. The van der Waals surface area contributed by atoms with Gasteiger partial charge in [0.15, 0.2) is 0 Å². The molecular formula is C23H23BrFN3. The van der Waals surface area contributed by atoms with E-state index < -0.39 is 0 Å². The molecule has 3 heterocycles. The summed E-state index contributed by atoms with van der Waals surface area (Å²) in [6.45, 7) is 4.99. The third-order valence-electron chi connectivity index (χ3n) is 6.05. The van der Waals surface area contributed by atoms with Crippen LogP contribution in [0, 0.1) is 5.82 Å². The smallest absolute Gasteiger partial charge is 0.125 e. The lowest BCUT2D eigenvalue weighted by Crippen LogP contribution is -2.30. The van der Waals surface area contributed by atoms with Gasteiger partial charge in [-0.05, 0) is 61.1 Å². The molecule has 1 unspecified atom stereocenters. The highest BCUT2D eigenvalue weighted by Gasteiger charge is 2.25. The molecule has 5 rings (SSSR count). The third kappa shape index (κ3) is 3.20. The minimum absolute atomic E-state index is 0.173. The molecule has 28 heavy (non-hydrogen) atoms. The summed E-state index contributed by atoms with van der Waals surface area (Å²) < 4.78 is 17.4. The number of rotatable bonds is 3. The number of hydrogen-bond donors (Lipinski definition) is 0. The molecule has 0 amide bonds. The van der Waals surface area contributed by atoms with E-state index in [1.807, 2.05) is 0 Å². The molecule has 0 saturated heterocycles. The van der Waals surface area contributed by atoms with Gasteiger partial charge in [0, 0.05) is 29.7 Å². The number of aryl methyl sites for hydroxylation is 1. The van der Waals surface area contributed by atoms with Crippen LogP contribution < -0.4 is 0 Å². The van der Waals surface area contributed by atoms with E-state index in [0.717, 1.165) is 65.8 Å². The number of benzene rings is 2. The Hall–Kier alpha value is -1.98. The molecule has 3 nitrogen and oxygen atoms in total. The van der Waals surface area contributed by atoms with Crippen LogP contribution in [0.3, 0.4) is 0 Å². The zero-order valence-electron chi connectivity index (χ0n) is 16.0. The second-order valence-corrected chi connectivity index (χ2v) is 8.86. The number of imidazole rings is 1. The van der Waals surface area contributed by atoms with Gasteiger partial charge < -0.3 is 4.57 Å². The number of nitrogens with zero attached hydrogens (tertiary/aromatic N) is 3. The van der Waals surface area contributed by atoms with E-state index in [-0.39, 0.29) is 5.82 Å². The summed E-state index contributed by atoms with van der Waals surface area (Å²) in [4.78, 5) is 7.27. The summed E-state index contributed by atoms with van der Waals surface area (Å²) in [5.41, 5.74) is 5.76. The van der Waals surface area contributed by atoms with E-state index >= 15 is 0 Å². The summed E-state index contributed by atoms with van der Waals surface area (Å²) in [5.74, 6) is 0.892. The Morgan fingerprint density at radius 1 is 1.18 bits per heavy atom. The first-order valence-electron chi connectivity index (χ1n) is 9.95. The molecule has 1 atom stereocenters. The van der Waals surface area contributed by atoms with Gasteiger partial charge in [-0.1, -0.05) is 34.1 Å². The van der Waals surface area contributed by atoms with Gasteiger partial charge in [0.25, 0.3) is 0 Å². The molecule has 0 radical (unpaired) electrons. The Labute approximate surface area is 173 Å². The van der Waals surface area contributed by atoms with E-state index in [1.54, 1.807) is 12.1 Å². The minimum atomic E-state index is -0.173. The zero-order valence-corrected chi connectivity index (χ0v) is 17.5. The topological polar surface area (TPSA) is 21.1 Å². The normalized spacial score (nSPS) is 19.8. The van der Waals surface area contributed by atoms with Gasteiger partial charge in [-0.25, -0.2) is 9.37 Å². The Morgan fingerprint density at radius 3 is 2.75 bits per heavy atom. The van der Waals surface area contributed by atoms with Gasteiger partial charge in [0.2, 0.25) is 0 Å². The van der Waals surface area contributed by atoms with Gasteiger partial charge >= 0.3 is 0 Å². The monoisotopic (exact) mass is 439 g/mol. The highest BCUT2D eigenvalue weighted by atomic mass is 79.9. The van der Waals surface area contributed by atoms with Crippen LogP contribution in [0.2, 0.25) is 0 Å². The van der Waals surface area contributed by atoms with E-state index in [1.165, 1.54) is 11.1 Å². The quantitative estimate of drug-likeness (QED) is 0.519. The number of halogens is 2. The molecule has 0 bridgehead atoms. The summed E-state index contributed by atoms with van der Waals surface area (Å²) in [7, 11) is 0. The van der Waals surface area contributed by atoms with Crippen molar-refractivity contribution in [2.45, 2.75) is 38.8 Å². The highest BCUT2D eigenvalue weighted by Crippen LogP contribution is 2.34. The van der Waals surface area contributed by atoms with Crippen LogP contribution in [0.1, 0.15) is 42.8 Å². The second-order valence-electron chi connectivity index (χ2n) is 7.94. The first-order valence-corrected chi connectivity index (χ1v) is 10.7. The first-order chi connectivity index (χ1) is 13.6. The highest BCUT2D eigenvalue weighted by molar-refractivity contribution is 9.10. The molecule has 3 aromatic rings. The lowest BCUT2D eigenvalue weighted by atomic mass is 9.99. The fraction of sp³-hybridized carbons (Fsp3) is 0.348. The average Bonchev–Trinajstić information content (AvgIpc) is 3.05. The maximum atomic E-state index is 14.0. The van der Waals surface area contributed by atoms with Crippen molar-refractivity contribution in [3.63, 3.8) is 0 Å². The van der Waals surface area contributed by atoms with Crippen LogP contribution in [0.15, 0.2) is 46.9 Å². The van der Waals surface area contributed by atoms with Crippen LogP contribution >= 0.6 is 15.9 Å². The Bertz CT molecular complexity index is 1070. The van der Waals surface area contributed by atoms with E-state index in [0.29, 0.717) is 6.04 Å². The molecule has 0 N–H and O–H groups in total. The van der Waals surface area contributed by atoms with Crippen molar-refractivity contribution in [1.29, 1.82) is 0 Å². The second kappa shape index (κ2) is 7.12. The van der Waals surface area contributed by atoms with E-state index in [4.69, 9.17) is 4.98 Å². The summed E-state index contributed by atoms with van der Waals surface area (Å²) in [6.07, 6.45) is 5.35. The zero-order chi connectivity index (χ0) is 19.3. The molecular weight excluding hydrogens is 417 g/mol. The van der Waals surface area contributed by atoms with Crippen LogP contribution in [0.5, 0.6) is 0 Å². The molecule has 0 aliphatic carbocycles. The summed E-state index contributed by atoms with van der Waals surface area (Å²) in [6, 6.07) is 12.2. The molecule has 2 aliphatic heterocycles. The lowest BCUT2D eigenvalue weighted by molar-refractivity contribution is 0.278. The van der Waals surface area contributed by atoms with Gasteiger partial charge in [0.05, 0.1) is 17.6 Å². The number of aromatic nitrogens is 2. The van der Waals surface area contributed by atoms with Gasteiger partial charge in [-0.15, -0.1) is 0 Å². The predicted octanol–water partition coefficient (Wildman–Crippen LogP) is 5.73. The van der Waals surface area contributed by atoms with Crippen LogP contribution in [0.25, 0.3) is 16.6 Å². The Balaban J connectivity index is 1.40. The largest absolute Gasteiger partial charge is 0.324 e. The van der Waals surface area contributed by atoms with Crippen molar-refractivity contribution in [3.8, 4) is 0 Å². The lowest BCUT2D eigenvalue weighted by Gasteiger charge is -2.28. The van der Waals surface area contributed by atoms with Crippen molar-refractivity contribution < 1.29 is 4.39 Å². The molecule has 144 valence electrons. The molecule has 0 saturated carbocycles. The molecule has 1 aromatic heterocycles. The first kappa shape index (κ1) is 18.1. The SMILES string of the molecule is CC1CCc2cc(F)cc3nc(CN4CC=C(c5ccc(Br)cc5)CC4)n1c23. The van der Waals surface area contributed by atoms with Crippen molar-refractivity contribution >= 4 is 32.5 Å². The van der Waals surface area contributed by atoms with Crippen LogP contribution in [0.4, 0.5) is 4.39 Å². The maximum Gasteiger partial charge on any atom is 0.125 e. The van der Waals surface area contributed by atoms with Crippen molar-refractivity contribution in [2.75, 3.05) is 13.1 Å². The van der Waals surface area contributed by atoms with Crippen molar-refractivity contribution in [2.24, 2.45) is 0 Å². The molecule has 0 fully saturated rings. The van der Waals surface area contributed by atoms with Gasteiger partial charge in [0.1, 0.15) is 11.6 Å². The molecule has 2 aromatic carbocycles. The van der Waals surface area contributed by atoms with Crippen LogP contribution in [-0.4, -0.2) is 27.5 Å². The van der Waals surface area contributed by atoms with E-state index in [2.05, 4.69) is 62.7 Å². The molecule has 5 heteroatoms. The summed E-state index contributed by atoms with van der Waals surface area (Å²) >= 11 is 3.50. The fourth-order valence-corrected chi connectivity index (χ4v) is 4.84. The standard InChI is InChI=1S/C23H23BrFN3/c1-15-2-3-18-12-20(25)13-21-23(18)28(15)22(26-21)14-27-10-8-17(9-11-27)16-4-6-19(24)7-5-16/h4-8,12-13,15H,2-3,9-11,14H2,1H3. The predicted molar refractivity (Wildman–Crippen MR) is 115 cm³/mol. The third-order valence-corrected chi connectivity index (χ3v) is 6.58. The molecule has 0 spiro atoms. The fourth-order valence-electron chi connectivity index (χ4n) is 4.58.